The van der Waals surface area contributed by atoms with E-state index in [0.29, 0.717) is 44.7 Å². The molecule has 3 aliphatic rings. The molecule has 1 aliphatic carbocycles. The van der Waals surface area contributed by atoms with E-state index >= 15 is 0 Å². The number of carbonyl (C=O) groups excluding carboxylic acids is 1. The third-order valence-corrected chi connectivity index (χ3v) is 8.84. The average molecular weight is 462 g/mol. The zero-order valence-electron chi connectivity index (χ0n) is 20.3. The van der Waals surface area contributed by atoms with E-state index in [9.17, 15) is 19.4 Å². The number of para-hydroxylation sites is 1. The molecule has 7 heteroatoms. The lowest BCUT2D eigenvalue weighted by atomic mass is 9.67. The summed E-state index contributed by atoms with van der Waals surface area (Å²) in [4.78, 5) is 16.1. The maximum absolute atomic E-state index is 14.3. The van der Waals surface area contributed by atoms with Crippen molar-refractivity contribution in [3.8, 4) is 0 Å². The molecule has 184 valence electrons. The lowest BCUT2D eigenvalue weighted by Crippen LogP contribution is -2.57. The minimum absolute atomic E-state index is 0.0594. The first-order chi connectivity index (χ1) is 15.5. The number of fused-ring (bicyclic) bond motifs is 1. The third kappa shape index (κ3) is 4.77. The van der Waals surface area contributed by atoms with Crippen molar-refractivity contribution in [1.82, 2.24) is 10.2 Å². The number of likely N-dealkylation sites (tertiary alicyclic amines) is 1. The van der Waals surface area contributed by atoms with Gasteiger partial charge in [0.2, 0.25) is 5.91 Å². The number of β-amino-alcohol motifs (C(OH)–C–C–N with tert-alkyl or cyclic N) is 1. The summed E-state index contributed by atoms with van der Waals surface area (Å²) < 4.78 is 14.3. The highest BCUT2D eigenvalue weighted by molar-refractivity contribution is 5.72. The van der Waals surface area contributed by atoms with Crippen LogP contribution < -0.4 is 10.2 Å². The maximum atomic E-state index is 14.3. The number of rotatable bonds is 5. The number of piperidine rings is 1. The van der Waals surface area contributed by atoms with E-state index in [0.717, 1.165) is 32.1 Å². The molecule has 3 N–H and O–H groups in total. The van der Waals surface area contributed by atoms with Crippen molar-refractivity contribution < 1.29 is 19.4 Å². The van der Waals surface area contributed by atoms with Gasteiger partial charge in [-0.3, -0.25) is 9.69 Å². The van der Waals surface area contributed by atoms with E-state index in [1.54, 1.807) is 12.1 Å². The molecule has 4 rings (SSSR count). The first kappa shape index (κ1) is 24.4. The maximum Gasteiger partial charge on any atom is 0.216 e. The number of nitrogens with zero attached hydrogens (tertiary/aromatic N) is 2. The minimum atomic E-state index is -0.875. The Morgan fingerprint density at radius 2 is 1.85 bits per heavy atom. The Balaban J connectivity index is 1.52. The van der Waals surface area contributed by atoms with Crippen LogP contribution in [0.1, 0.15) is 65.7 Å². The minimum Gasteiger partial charge on any atom is -0.390 e. The van der Waals surface area contributed by atoms with Gasteiger partial charge >= 0.3 is 0 Å². The number of aliphatic hydroxyl groups is 2. The van der Waals surface area contributed by atoms with E-state index in [1.165, 1.54) is 13.0 Å². The van der Waals surface area contributed by atoms with Crippen molar-refractivity contribution in [2.45, 2.75) is 89.0 Å². The number of anilines is 1. The number of hydrogen-bond donors (Lipinski definition) is 3. The lowest BCUT2D eigenvalue weighted by Gasteiger charge is -2.47. The molecule has 0 aromatic heterocycles. The van der Waals surface area contributed by atoms with Crippen molar-refractivity contribution in [1.29, 1.82) is 0 Å². The number of carbonyl (C=O) groups is 1. The van der Waals surface area contributed by atoms with Crippen molar-refractivity contribution in [2.24, 2.45) is 5.41 Å². The van der Waals surface area contributed by atoms with Crippen LogP contribution in [0, 0.1) is 11.2 Å². The molecule has 2 saturated heterocycles. The van der Waals surface area contributed by atoms with Crippen LogP contribution in [0.4, 0.5) is 10.1 Å². The second-order valence-electron chi connectivity index (χ2n) is 11.1. The van der Waals surface area contributed by atoms with Gasteiger partial charge in [0.05, 0.1) is 16.9 Å². The summed E-state index contributed by atoms with van der Waals surface area (Å²) in [6.45, 7) is 7.91. The Hall–Kier alpha value is -1.70. The summed E-state index contributed by atoms with van der Waals surface area (Å²) in [6, 6.07) is 7.04. The third-order valence-electron chi connectivity index (χ3n) is 8.84. The Bertz CT molecular complexity index is 855. The monoisotopic (exact) mass is 461 g/mol. The van der Waals surface area contributed by atoms with Gasteiger partial charge in [-0.2, -0.15) is 0 Å². The predicted molar refractivity (Wildman–Crippen MR) is 128 cm³/mol. The smallest absolute Gasteiger partial charge is 0.216 e. The van der Waals surface area contributed by atoms with Gasteiger partial charge in [0.25, 0.3) is 0 Å². The zero-order valence-corrected chi connectivity index (χ0v) is 20.3. The summed E-state index contributed by atoms with van der Waals surface area (Å²) in [5.41, 5.74) is -1.36. The van der Waals surface area contributed by atoms with E-state index in [-0.39, 0.29) is 29.2 Å². The van der Waals surface area contributed by atoms with Crippen molar-refractivity contribution in [3.05, 3.63) is 30.1 Å². The molecule has 0 spiro atoms. The number of halogens is 1. The second-order valence-corrected chi connectivity index (χ2v) is 11.1. The topological polar surface area (TPSA) is 76.0 Å². The fourth-order valence-corrected chi connectivity index (χ4v) is 6.58. The van der Waals surface area contributed by atoms with Crippen LogP contribution in [0.3, 0.4) is 0 Å². The molecule has 0 unspecified atom stereocenters. The Morgan fingerprint density at radius 3 is 2.52 bits per heavy atom. The zero-order chi connectivity index (χ0) is 23.9. The standard InChI is InChI=1S/C26H40FN3O3/c1-19(31)28-17-20-16-24(2)23(10-6-7-11-25(24,3)32)30(20)18-26(33)12-14-29(15-13-26)22-9-5-4-8-21(22)27/h4-5,8-9,20,23,32-33H,6-7,10-18H2,1-3H3,(H,28,31)/t20-,23-,24-,25+/m1/s1. The first-order valence-electron chi connectivity index (χ1n) is 12.5. The van der Waals surface area contributed by atoms with Crippen molar-refractivity contribution >= 4 is 11.6 Å². The average Bonchev–Trinajstić information content (AvgIpc) is 2.96. The summed E-state index contributed by atoms with van der Waals surface area (Å²) in [5.74, 6) is -0.287. The second kappa shape index (κ2) is 9.16. The highest BCUT2D eigenvalue weighted by Gasteiger charge is 2.58. The van der Waals surface area contributed by atoms with Crippen LogP contribution in [-0.2, 0) is 4.79 Å². The van der Waals surface area contributed by atoms with Crippen molar-refractivity contribution in [3.63, 3.8) is 0 Å². The summed E-state index contributed by atoms with van der Waals surface area (Å²) >= 11 is 0. The van der Waals surface area contributed by atoms with Crippen LogP contribution in [-0.4, -0.2) is 70.5 Å². The van der Waals surface area contributed by atoms with E-state index in [1.807, 2.05) is 17.9 Å². The SMILES string of the molecule is CC(=O)NC[C@H]1C[C@]2(C)[C@@H](CCCC[C@]2(C)O)N1CC1(O)CCN(c2ccccc2F)CC1. The molecule has 6 nitrogen and oxygen atoms in total. The van der Waals surface area contributed by atoms with Gasteiger partial charge in [-0.05, 0) is 51.2 Å². The molecule has 2 aliphatic heterocycles. The molecule has 1 saturated carbocycles. The molecule has 1 amide bonds. The van der Waals surface area contributed by atoms with Crippen molar-refractivity contribution in [2.75, 3.05) is 31.1 Å². The molecule has 1 aromatic carbocycles. The molecule has 4 atom stereocenters. The quantitative estimate of drug-likeness (QED) is 0.628. The molecule has 0 bridgehead atoms. The molecule has 3 fully saturated rings. The Morgan fingerprint density at radius 1 is 1.15 bits per heavy atom. The molecule has 33 heavy (non-hydrogen) atoms. The normalized spacial score (nSPS) is 34.5. The van der Waals surface area contributed by atoms with Gasteiger partial charge in [-0.25, -0.2) is 4.39 Å². The van der Waals surface area contributed by atoms with Gasteiger partial charge in [-0.15, -0.1) is 0 Å². The summed E-state index contributed by atoms with van der Waals surface area (Å²) in [7, 11) is 0. The van der Waals surface area contributed by atoms with Crippen LogP contribution in [0.5, 0.6) is 0 Å². The largest absolute Gasteiger partial charge is 0.390 e. The van der Waals surface area contributed by atoms with E-state index < -0.39 is 11.2 Å². The number of benzene rings is 1. The predicted octanol–water partition coefficient (Wildman–Crippen LogP) is 3.07. The molecule has 0 radical (unpaired) electrons. The van der Waals surface area contributed by atoms with Gasteiger partial charge in [-0.1, -0.05) is 31.9 Å². The van der Waals surface area contributed by atoms with Crippen LogP contribution >= 0.6 is 0 Å². The first-order valence-corrected chi connectivity index (χ1v) is 12.5. The van der Waals surface area contributed by atoms with Crippen LogP contribution in [0.2, 0.25) is 0 Å². The highest BCUT2D eigenvalue weighted by Crippen LogP contribution is 2.53. The lowest BCUT2D eigenvalue weighted by molar-refractivity contribution is -0.119. The number of amides is 1. The Kier molecular flexibility index (Phi) is 6.78. The molecule has 1 aromatic rings. The fourth-order valence-electron chi connectivity index (χ4n) is 6.58. The fraction of sp³-hybridized carbons (Fsp3) is 0.731. The van der Waals surface area contributed by atoms with E-state index in [4.69, 9.17) is 0 Å². The Labute approximate surface area is 197 Å². The van der Waals surface area contributed by atoms with E-state index in [2.05, 4.69) is 17.1 Å². The number of hydrogen-bond acceptors (Lipinski definition) is 5. The van der Waals surface area contributed by atoms with Gasteiger partial charge in [0, 0.05) is 50.6 Å². The molecule has 2 heterocycles. The molecular formula is C26H40FN3O3. The number of nitrogens with one attached hydrogen (secondary N) is 1. The van der Waals surface area contributed by atoms with Gasteiger partial charge in [0.1, 0.15) is 5.82 Å². The van der Waals surface area contributed by atoms with Crippen LogP contribution in [0.25, 0.3) is 0 Å². The van der Waals surface area contributed by atoms with Gasteiger partial charge in [0.15, 0.2) is 0 Å². The van der Waals surface area contributed by atoms with Crippen LogP contribution in [0.15, 0.2) is 24.3 Å². The summed E-state index contributed by atoms with van der Waals surface area (Å²) in [5, 5.41) is 26.0. The van der Waals surface area contributed by atoms with Gasteiger partial charge < -0.3 is 20.4 Å². The summed E-state index contributed by atoms with van der Waals surface area (Å²) in [6.07, 6.45) is 5.74. The highest BCUT2D eigenvalue weighted by atomic mass is 19.1. The molecular weight excluding hydrogens is 421 g/mol.